The standard InChI is InChI=1S/C14H21N3O3/c1-10(2)20-9-3-8-16-13(18)11-4-6-12(7-5-11)17-14(15)19/h4-7,10H,3,8-9H2,1-2H3,(H,16,18)(H3,15,17,19). The second-order valence-corrected chi connectivity index (χ2v) is 4.60. The summed E-state index contributed by atoms with van der Waals surface area (Å²) in [5, 5.41) is 5.23. The molecule has 110 valence electrons. The van der Waals surface area contributed by atoms with E-state index in [4.69, 9.17) is 10.5 Å². The van der Waals surface area contributed by atoms with E-state index in [1.807, 2.05) is 13.8 Å². The number of anilines is 1. The molecule has 6 heteroatoms. The van der Waals surface area contributed by atoms with Crippen molar-refractivity contribution in [1.29, 1.82) is 0 Å². The number of nitrogens with two attached hydrogens (primary N) is 1. The second-order valence-electron chi connectivity index (χ2n) is 4.60. The molecule has 1 rings (SSSR count). The number of carbonyl (C=O) groups excluding carboxylic acids is 2. The largest absolute Gasteiger partial charge is 0.379 e. The van der Waals surface area contributed by atoms with Crippen molar-refractivity contribution in [2.24, 2.45) is 5.73 Å². The molecule has 0 aliphatic rings. The topological polar surface area (TPSA) is 93.4 Å². The molecule has 0 bridgehead atoms. The van der Waals surface area contributed by atoms with Gasteiger partial charge in [0.2, 0.25) is 0 Å². The van der Waals surface area contributed by atoms with Crippen molar-refractivity contribution in [1.82, 2.24) is 5.32 Å². The van der Waals surface area contributed by atoms with E-state index < -0.39 is 6.03 Å². The molecule has 0 aliphatic carbocycles. The lowest BCUT2D eigenvalue weighted by Crippen LogP contribution is -2.25. The summed E-state index contributed by atoms with van der Waals surface area (Å²) in [6, 6.07) is 5.88. The first kappa shape index (κ1) is 16.0. The summed E-state index contributed by atoms with van der Waals surface area (Å²) >= 11 is 0. The zero-order chi connectivity index (χ0) is 15.0. The molecule has 0 heterocycles. The molecule has 0 spiro atoms. The molecule has 0 aliphatic heterocycles. The third kappa shape index (κ3) is 6.19. The first-order valence-electron chi connectivity index (χ1n) is 6.55. The van der Waals surface area contributed by atoms with Crippen LogP contribution in [0.5, 0.6) is 0 Å². The minimum atomic E-state index is -0.632. The first-order valence-corrected chi connectivity index (χ1v) is 6.55. The van der Waals surface area contributed by atoms with E-state index in [1.165, 1.54) is 0 Å². The van der Waals surface area contributed by atoms with Gasteiger partial charge in [0.15, 0.2) is 0 Å². The summed E-state index contributed by atoms with van der Waals surface area (Å²) in [6.07, 6.45) is 0.974. The van der Waals surface area contributed by atoms with Gasteiger partial charge in [0.25, 0.3) is 5.91 Å². The van der Waals surface area contributed by atoms with E-state index in [0.29, 0.717) is 24.4 Å². The Kier molecular flexibility index (Phi) is 6.52. The predicted octanol–water partition coefficient (Wildman–Crippen LogP) is 1.72. The van der Waals surface area contributed by atoms with Crippen LogP contribution >= 0.6 is 0 Å². The number of carbonyl (C=O) groups is 2. The molecule has 4 N–H and O–H groups in total. The lowest BCUT2D eigenvalue weighted by Gasteiger charge is -2.08. The zero-order valence-corrected chi connectivity index (χ0v) is 11.8. The molecule has 0 radical (unpaired) electrons. The number of amides is 3. The van der Waals surface area contributed by atoms with Crippen LogP contribution in [0, 0.1) is 0 Å². The van der Waals surface area contributed by atoms with Crippen molar-refractivity contribution >= 4 is 17.6 Å². The van der Waals surface area contributed by atoms with Crippen LogP contribution in [0.1, 0.15) is 30.6 Å². The Morgan fingerprint density at radius 2 is 1.90 bits per heavy atom. The molecular formula is C14H21N3O3. The van der Waals surface area contributed by atoms with Crippen molar-refractivity contribution in [2.45, 2.75) is 26.4 Å². The van der Waals surface area contributed by atoms with Crippen LogP contribution in [0.2, 0.25) is 0 Å². The molecule has 0 unspecified atom stereocenters. The van der Waals surface area contributed by atoms with Crippen LogP contribution < -0.4 is 16.4 Å². The summed E-state index contributed by atoms with van der Waals surface area (Å²) in [5.74, 6) is -0.153. The molecule has 0 fully saturated rings. The summed E-state index contributed by atoms with van der Waals surface area (Å²) in [4.78, 5) is 22.5. The lowest BCUT2D eigenvalue weighted by molar-refractivity contribution is 0.0757. The van der Waals surface area contributed by atoms with Crippen molar-refractivity contribution < 1.29 is 14.3 Å². The maximum absolute atomic E-state index is 11.8. The molecule has 0 atom stereocenters. The van der Waals surface area contributed by atoms with Gasteiger partial charge in [0, 0.05) is 24.4 Å². The Morgan fingerprint density at radius 3 is 2.45 bits per heavy atom. The van der Waals surface area contributed by atoms with Gasteiger partial charge in [-0.05, 0) is 44.5 Å². The predicted molar refractivity (Wildman–Crippen MR) is 77.7 cm³/mol. The molecule has 0 aromatic heterocycles. The fourth-order valence-electron chi connectivity index (χ4n) is 1.54. The van der Waals surface area contributed by atoms with Gasteiger partial charge in [0.05, 0.1) is 6.10 Å². The average Bonchev–Trinajstić information content (AvgIpc) is 2.38. The van der Waals surface area contributed by atoms with Crippen LogP contribution in [0.3, 0.4) is 0 Å². The van der Waals surface area contributed by atoms with Crippen LogP contribution in [0.15, 0.2) is 24.3 Å². The van der Waals surface area contributed by atoms with E-state index in [-0.39, 0.29) is 12.0 Å². The number of primary amides is 1. The Labute approximate surface area is 118 Å². The number of urea groups is 1. The van der Waals surface area contributed by atoms with E-state index >= 15 is 0 Å². The number of hydrogen-bond acceptors (Lipinski definition) is 3. The third-order valence-electron chi connectivity index (χ3n) is 2.47. The van der Waals surface area contributed by atoms with Crippen LogP contribution in [0.4, 0.5) is 10.5 Å². The SMILES string of the molecule is CC(C)OCCCNC(=O)c1ccc(NC(N)=O)cc1. The van der Waals surface area contributed by atoms with E-state index in [0.717, 1.165) is 6.42 Å². The molecule has 6 nitrogen and oxygen atoms in total. The van der Waals surface area contributed by atoms with E-state index in [9.17, 15) is 9.59 Å². The molecular weight excluding hydrogens is 258 g/mol. The highest BCUT2D eigenvalue weighted by Crippen LogP contribution is 2.09. The Hall–Kier alpha value is -2.08. The Bertz CT molecular complexity index is 443. The number of rotatable bonds is 7. The first-order chi connectivity index (χ1) is 9.49. The van der Waals surface area contributed by atoms with Crippen LogP contribution in [-0.2, 0) is 4.74 Å². The van der Waals surface area contributed by atoms with E-state index in [1.54, 1.807) is 24.3 Å². The molecule has 3 amide bonds. The van der Waals surface area contributed by atoms with Crippen molar-refractivity contribution in [3.63, 3.8) is 0 Å². The van der Waals surface area contributed by atoms with Crippen molar-refractivity contribution in [3.05, 3.63) is 29.8 Å². The molecule has 0 saturated carbocycles. The van der Waals surface area contributed by atoms with Gasteiger partial charge in [-0.2, -0.15) is 0 Å². The Morgan fingerprint density at radius 1 is 1.25 bits per heavy atom. The van der Waals surface area contributed by atoms with Gasteiger partial charge in [0.1, 0.15) is 0 Å². The molecule has 1 aromatic rings. The quantitative estimate of drug-likeness (QED) is 0.663. The fraction of sp³-hybridized carbons (Fsp3) is 0.429. The van der Waals surface area contributed by atoms with Crippen molar-refractivity contribution in [2.75, 3.05) is 18.5 Å². The molecule has 0 saturated heterocycles. The van der Waals surface area contributed by atoms with Crippen LogP contribution in [0.25, 0.3) is 0 Å². The Balaban J connectivity index is 2.34. The van der Waals surface area contributed by atoms with Gasteiger partial charge in [-0.3, -0.25) is 4.79 Å². The monoisotopic (exact) mass is 279 g/mol. The number of hydrogen-bond donors (Lipinski definition) is 3. The van der Waals surface area contributed by atoms with Crippen LogP contribution in [-0.4, -0.2) is 31.2 Å². The highest BCUT2D eigenvalue weighted by atomic mass is 16.5. The highest BCUT2D eigenvalue weighted by Gasteiger charge is 2.05. The highest BCUT2D eigenvalue weighted by molar-refractivity contribution is 5.95. The van der Waals surface area contributed by atoms with Gasteiger partial charge in [-0.15, -0.1) is 0 Å². The molecule has 20 heavy (non-hydrogen) atoms. The van der Waals surface area contributed by atoms with Gasteiger partial charge < -0.3 is 21.1 Å². The number of benzene rings is 1. The van der Waals surface area contributed by atoms with Crippen molar-refractivity contribution in [3.8, 4) is 0 Å². The number of nitrogens with one attached hydrogen (secondary N) is 2. The van der Waals surface area contributed by atoms with Gasteiger partial charge >= 0.3 is 6.03 Å². The second kappa shape index (κ2) is 8.16. The number of ether oxygens (including phenoxy) is 1. The minimum absolute atomic E-state index is 0.153. The van der Waals surface area contributed by atoms with E-state index in [2.05, 4.69) is 10.6 Å². The molecule has 1 aromatic carbocycles. The minimum Gasteiger partial charge on any atom is -0.379 e. The maximum Gasteiger partial charge on any atom is 0.316 e. The normalized spacial score (nSPS) is 10.3. The lowest BCUT2D eigenvalue weighted by atomic mass is 10.2. The summed E-state index contributed by atoms with van der Waals surface area (Å²) in [7, 11) is 0. The summed E-state index contributed by atoms with van der Waals surface area (Å²) < 4.78 is 5.38. The average molecular weight is 279 g/mol. The maximum atomic E-state index is 11.8. The smallest absolute Gasteiger partial charge is 0.316 e. The fourth-order valence-corrected chi connectivity index (χ4v) is 1.54. The summed E-state index contributed by atoms with van der Waals surface area (Å²) in [5.41, 5.74) is 6.08. The summed E-state index contributed by atoms with van der Waals surface area (Å²) in [6.45, 7) is 5.13. The zero-order valence-electron chi connectivity index (χ0n) is 11.8. The third-order valence-corrected chi connectivity index (χ3v) is 2.47. The van der Waals surface area contributed by atoms with Gasteiger partial charge in [-0.1, -0.05) is 0 Å². The van der Waals surface area contributed by atoms with Gasteiger partial charge in [-0.25, -0.2) is 4.79 Å².